The minimum absolute atomic E-state index is 0.218. The van der Waals surface area contributed by atoms with Crippen LogP contribution in [0.4, 0.5) is 0 Å². The molecule has 1 aliphatic carbocycles. The third-order valence-electron chi connectivity index (χ3n) is 3.56. The van der Waals surface area contributed by atoms with Crippen LogP contribution in [0.5, 0.6) is 0 Å². The minimum Gasteiger partial charge on any atom is -0.481 e. The maximum absolute atomic E-state index is 11.7. The number of aliphatic carboxylic acids is 1. The zero-order chi connectivity index (χ0) is 13.7. The standard InChI is InChI=1S/C14H17NO3S/c16-12(6-5-11-4-3-9-19-11)15-10-14(13(17)18)7-1-2-8-14/h3-6,9H,1-2,7-8,10H2,(H,15,16)(H,17,18)/b6-5+. The van der Waals surface area contributed by atoms with Gasteiger partial charge in [-0.1, -0.05) is 18.9 Å². The summed E-state index contributed by atoms with van der Waals surface area (Å²) < 4.78 is 0. The SMILES string of the molecule is O=C(/C=C/c1cccs1)NCC1(C(=O)O)CCCC1. The highest BCUT2D eigenvalue weighted by Crippen LogP contribution is 2.37. The first-order valence-electron chi connectivity index (χ1n) is 6.35. The van der Waals surface area contributed by atoms with Gasteiger partial charge < -0.3 is 10.4 Å². The van der Waals surface area contributed by atoms with Gasteiger partial charge in [0.15, 0.2) is 0 Å². The van der Waals surface area contributed by atoms with Crippen LogP contribution in [0.2, 0.25) is 0 Å². The Kier molecular flexibility index (Phi) is 4.37. The third-order valence-corrected chi connectivity index (χ3v) is 4.40. The smallest absolute Gasteiger partial charge is 0.311 e. The quantitative estimate of drug-likeness (QED) is 0.814. The zero-order valence-corrected chi connectivity index (χ0v) is 11.4. The van der Waals surface area contributed by atoms with Crippen LogP contribution >= 0.6 is 11.3 Å². The molecular weight excluding hydrogens is 262 g/mol. The maximum Gasteiger partial charge on any atom is 0.311 e. The van der Waals surface area contributed by atoms with Crippen molar-refractivity contribution in [1.29, 1.82) is 0 Å². The molecule has 5 heteroatoms. The second-order valence-electron chi connectivity index (χ2n) is 4.86. The lowest BCUT2D eigenvalue weighted by Crippen LogP contribution is -2.40. The van der Waals surface area contributed by atoms with Gasteiger partial charge in [0.25, 0.3) is 0 Å². The highest BCUT2D eigenvalue weighted by Gasteiger charge is 2.41. The van der Waals surface area contributed by atoms with Gasteiger partial charge in [0, 0.05) is 17.5 Å². The fraction of sp³-hybridized carbons (Fsp3) is 0.429. The Hall–Kier alpha value is -1.62. The Balaban J connectivity index is 1.87. The highest BCUT2D eigenvalue weighted by molar-refractivity contribution is 7.10. The summed E-state index contributed by atoms with van der Waals surface area (Å²) in [5.41, 5.74) is -0.758. The molecule has 1 aromatic rings. The zero-order valence-electron chi connectivity index (χ0n) is 10.6. The first kappa shape index (κ1) is 13.8. The topological polar surface area (TPSA) is 66.4 Å². The van der Waals surface area contributed by atoms with Crippen LogP contribution in [0.25, 0.3) is 6.08 Å². The minimum atomic E-state index is -0.799. The second kappa shape index (κ2) is 6.02. The number of carboxylic acid groups (broad SMARTS) is 1. The number of nitrogens with one attached hydrogen (secondary N) is 1. The summed E-state index contributed by atoms with van der Waals surface area (Å²) >= 11 is 1.55. The lowest BCUT2D eigenvalue weighted by atomic mass is 9.86. The summed E-state index contributed by atoms with van der Waals surface area (Å²) in [5, 5.41) is 13.9. The molecule has 19 heavy (non-hydrogen) atoms. The molecule has 2 rings (SSSR count). The van der Waals surface area contributed by atoms with Crippen molar-refractivity contribution in [3.8, 4) is 0 Å². The normalized spacial score (nSPS) is 17.7. The van der Waals surface area contributed by atoms with E-state index in [0.29, 0.717) is 12.8 Å². The van der Waals surface area contributed by atoms with Crippen LogP contribution < -0.4 is 5.32 Å². The van der Waals surface area contributed by atoms with Crippen LogP contribution in [0.1, 0.15) is 30.6 Å². The average Bonchev–Trinajstić information content (AvgIpc) is 3.05. The van der Waals surface area contributed by atoms with Gasteiger partial charge in [0.2, 0.25) is 5.91 Å². The van der Waals surface area contributed by atoms with E-state index in [9.17, 15) is 14.7 Å². The van der Waals surface area contributed by atoms with Gasteiger partial charge >= 0.3 is 5.97 Å². The van der Waals surface area contributed by atoms with Crippen molar-refractivity contribution in [3.63, 3.8) is 0 Å². The Labute approximate surface area is 116 Å². The van der Waals surface area contributed by atoms with Gasteiger partial charge in [0.1, 0.15) is 0 Å². The van der Waals surface area contributed by atoms with E-state index in [1.54, 1.807) is 17.4 Å². The van der Waals surface area contributed by atoms with Crippen molar-refractivity contribution >= 4 is 29.3 Å². The van der Waals surface area contributed by atoms with E-state index in [2.05, 4.69) is 5.32 Å². The van der Waals surface area contributed by atoms with Crippen LogP contribution in [-0.4, -0.2) is 23.5 Å². The van der Waals surface area contributed by atoms with Crippen molar-refractivity contribution in [1.82, 2.24) is 5.32 Å². The molecule has 0 aromatic carbocycles. The van der Waals surface area contributed by atoms with Crippen LogP contribution in [-0.2, 0) is 9.59 Å². The van der Waals surface area contributed by atoms with Gasteiger partial charge in [-0.15, -0.1) is 11.3 Å². The fourth-order valence-electron chi connectivity index (χ4n) is 2.38. The lowest BCUT2D eigenvalue weighted by Gasteiger charge is -2.23. The third kappa shape index (κ3) is 3.44. The Morgan fingerprint density at radius 2 is 2.16 bits per heavy atom. The van der Waals surface area contributed by atoms with E-state index in [1.165, 1.54) is 6.08 Å². The predicted octanol–water partition coefficient (Wildman–Crippen LogP) is 2.52. The van der Waals surface area contributed by atoms with Crippen LogP contribution in [0.15, 0.2) is 23.6 Å². The molecule has 0 radical (unpaired) electrons. The van der Waals surface area contributed by atoms with Gasteiger partial charge in [-0.25, -0.2) is 0 Å². The fourth-order valence-corrected chi connectivity index (χ4v) is 3.00. The Morgan fingerprint density at radius 3 is 2.74 bits per heavy atom. The monoisotopic (exact) mass is 279 g/mol. The lowest BCUT2D eigenvalue weighted by molar-refractivity contribution is -0.148. The van der Waals surface area contributed by atoms with E-state index in [-0.39, 0.29) is 12.5 Å². The largest absolute Gasteiger partial charge is 0.481 e. The molecule has 0 aliphatic heterocycles. The van der Waals surface area contributed by atoms with Crippen LogP contribution in [0.3, 0.4) is 0 Å². The summed E-state index contributed by atoms with van der Waals surface area (Å²) in [6.45, 7) is 0.218. The number of rotatable bonds is 5. The molecule has 0 unspecified atom stereocenters. The molecule has 1 aromatic heterocycles. The molecule has 0 atom stereocenters. The first-order chi connectivity index (χ1) is 9.12. The number of hydrogen-bond acceptors (Lipinski definition) is 3. The predicted molar refractivity (Wildman–Crippen MR) is 74.9 cm³/mol. The molecule has 2 N–H and O–H groups in total. The van der Waals surface area contributed by atoms with Crippen molar-refractivity contribution in [2.45, 2.75) is 25.7 Å². The number of carbonyl (C=O) groups is 2. The van der Waals surface area contributed by atoms with E-state index >= 15 is 0 Å². The van der Waals surface area contributed by atoms with Crippen molar-refractivity contribution < 1.29 is 14.7 Å². The Morgan fingerprint density at radius 1 is 1.42 bits per heavy atom. The van der Waals surface area contributed by atoms with Crippen LogP contribution in [0, 0.1) is 5.41 Å². The summed E-state index contributed by atoms with van der Waals surface area (Å²) in [6.07, 6.45) is 6.34. The number of amides is 1. The first-order valence-corrected chi connectivity index (χ1v) is 7.23. The van der Waals surface area contributed by atoms with Gasteiger partial charge in [-0.3, -0.25) is 9.59 Å². The van der Waals surface area contributed by atoms with Gasteiger partial charge in [-0.2, -0.15) is 0 Å². The molecule has 4 nitrogen and oxygen atoms in total. The molecule has 0 bridgehead atoms. The summed E-state index contributed by atoms with van der Waals surface area (Å²) in [4.78, 5) is 24.0. The molecule has 1 saturated carbocycles. The summed E-state index contributed by atoms with van der Waals surface area (Å²) in [7, 11) is 0. The summed E-state index contributed by atoms with van der Waals surface area (Å²) in [5.74, 6) is -1.03. The highest BCUT2D eigenvalue weighted by atomic mass is 32.1. The maximum atomic E-state index is 11.7. The van der Waals surface area contributed by atoms with Crippen molar-refractivity contribution in [2.24, 2.45) is 5.41 Å². The number of carboxylic acids is 1. The molecule has 1 aliphatic rings. The molecule has 1 heterocycles. The number of thiophene rings is 1. The number of hydrogen-bond donors (Lipinski definition) is 2. The van der Waals surface area contributed by atoms with Crippen molar-refractivity contribution in [2.75, 3.05) is 6.54 Å². The molecule has 1 amide bonds. The molecule has 1 fully saturated rings. The van der Waals surface area contributed by atoms with Gasteiger partial charge in [0.05, 0.1) is 5.41 Å². The second-order valence-corrected chi connectivity index (χ2v) is 5.84. The Bertz CT molecular complexity index is 473. The molecule has 0 saturated heterocycles. The summed E-state index contributed by atoms with van der Waals surface area (Å²) in [6, 6.07) is 3.84. The van der Waals surface area contributed by atoms with Gasteiger partial charge in [-0.05, 0) is 30.4 Å². The van der Waals surface area contributed by atoms with E-state index in [1.807, 2.05) is 17.5 Å². The molecule has 0 spiro atoms. The average molecular weight is 279 g/mol. The van der Waals surface area contributed by atoms with E-state index in [4.69, 9.17) is 0 Å². The van der Waals surface area contributed by atoms with E-state index in [0.717, 1.165) is 17.7 Å². The van der Waals surface area contributed by atoms with E-state index < -0.39 is 11.4 Å². The molecular formula is C14H17NO3S. The molecule has 102 valence electrons. The number of carbonyl (C=O) groups excluding carboxylic acids is 1. The van der Waals surface area contributed by atoms with Crippen molar-refractivity contribution in [3.05, 3.63) is 28.5 Å².